The van der Waals surface area contributed by atoms with Gasteiger partial charge < -0.3 is 15.8 Å². The van der Waals surface area contributed by atoms with Gasteiger partial charge in [0.1, 0.15) is 5.75 Å². The first kappa shape index (κ1) is 14.4. The lowest BCUT2D eigenvalue weighted by molar-refractivity contribution is -0.118. The van der Waals surface area contributed by atoms with Gasteiger partial charge in [0, 0.05) is 15.8 Å². The number of carbonyl (C=O) groups is 1. The highest BCUT2D eigenvalue weighted by molar-refractivity contribution is 9.10. The minimum absolute atomic E-state index is 0.0426. The van der Waals surface area contributed by atoms with Gasteiger partial charge in [-0.1, -0.05) is 15.9 Å². The highest BCUT2D eigenvalue weighted by atomic mass is 79.9. The smallest absolute Gasteiger partial charge is 0.262 e. The number of nitrogens with two attached hydrogens (primary N) is 1. The zero-order valence-electron chi connectivity index (χ0n) is 11.0. The summed E-state index contributed by atoms with van der Waals surface area (Å²) in [5.41, 5.74) is 8.04. The maximum atomic E-state index is 11.8. The lowest BCUT2D eigenvalue weighted by Gasteiger charge is -2.09. The summed E-state index contributed by atoms with van der Waals surface area (Å²) in [4.78, 5) is 11.8. The normalized spacial score (nSPS) is 10.1. The van der Waals surface area contributed by atoms with E-state index in [2.05, 4.69) is 21.2 Å². The highest BCUT2D eigenvalue weighted by Gasteiger charge is 2.05. The first-order valence-electron chi connectivity index (χ1n) is 6.09. The van der Waals surface area contributed by atoms with E-state index < -0.39 is 0 Å². The standard InChI is InChI=1S/C15H15BrN2O2/c1-10-8-12(4-7-14(10)16)18-15(19)9-20-13-5-2-11(17)3-6-13/h2-8H,9,17H2,1H3,(H,18,19). The van der Waals surface area contributed by atoms with Crippen LogP contribution >= 0.6 is 15.9 Å². The van der Waals surface area contributed by atoms with Crippen molar-refractivity contribution in [2.45, 2.75) is 6.92 Å². The molecule has 4 nitrogen and oxygen atoms in total. The Morgan fingerprint density at radius 3 is 2.60 bits per heavy atom. The molecule has 1 amide bonds. The van der Waals surface area contributed by atoms with Crippen LogP contribution in [0.15, 0.2) is 46.9 Å². The van der Waals surface area contributed by atoms with Crippen LogP contribution < -0.4 is 15.8 Å². The maximum Gasteiger partial charge on any atom is 0.262 e. The molecule has 0 saturated carbocycles. The fourth-order valence-electron chi connectivity index (χ4n) is 1.63. The Morgan fingerprint density at radius 2 is 1.95 bits per heavy atom. The fourth-order valence-corrected chi connectivity index (χ4v) is 1.88. The highest BCUT2D eigenvalue weighted by Crippen LogP contribution is 2.20. The van der Waals surface area contributed by atoms with Crippen molar-refractivity contribution >= 4 is 33.2 Å². The number of ether oxygens (including phenoxy) is 1. The first-order valence-corrected chi connectivity index (χ1v) is 6.88. The molecule has 0 aromatic heterocycles. The molecule has 2 aromatic rings. The molecule has 2 aromatic carbocycles. The molecule has 0 bridgehead atoms. The van der Waals surface area contributed by atoms with Gasteiger partial charge in [0.05, 0.1) is 0 Å². The van der Waals surface area contributed by atoms with Gasteiger partial charge >= 0.3 is 0 Å². The Morgan fingerprint density at radius 1 is 1.25 bits per heavy atom. The fraction of sp³-hybridized carbons (Fsp3) is 0.133. The van der Waals surface area contributed by atoms with Crippen molar-refractivity contribution in [3.8, 4) is 5.75 Å². The monoisotopic (exact) mass is 334 g/mol. The molecule has 0 fully saturated rings. The largest absolute Gasteiger partial charge is 0.484 e. The van der Waals surface area contributed by atoms with E-state index in [-0.39, 0.29) is 12.5 Å². The number of rotatable bonds is 4. The summed E-state index contributed by atoms with van der Waals surface area (Å²) >= 11 is 3.42. The molecule has 0 aliphatic carbocycles. The Balaban J connectivity index is 1.89. The molecule has 5 heteroatoms. The average molecular weight is 335 g/mol. The second-order valence-electron chi connectivity index (χ2n) is 4.37. The molecule has 0 heterocycles. The quantitative estimate of drug-likeness (QED) is 0.842. The molecule has 2 rings (SSSR count). The molecule has 0 radical (unpaired) electrons. The number of amides is 1. The molecule has 0 aliphatic rings. The van der Waals surface area contributed by atoms with E-state index in [9.17, 15) is 4.79 Å². The number of nitrogen functional groups attached to an aromatic ring is 1. The molecule has 3 N–H and O–H groups in total. The third-order valence-electron chi connectivity index (χ3n) is 2.69. The molecular weight excluding hydrogens is 320 g/mol. The van der Waals surface area contributed by atoms with E-state index in [4.69, 9.17) is 10.5 Å². The summed E-state index contributed by atoms with van der Waals surface area (Å²) in [5, 5.41) is 2.78. The zero-order valence-corrected chi connectivity index (χ0v) is 12.6. The van der Waals surface area contributed by atoms with Crippen LogP contribution in [-0.4, -0.2) is 12.5 Å². The van der Waals surface area contributed by atoms with Gasteiger partial charge in [-0.2, -0.15) is 0 Å². The Bertz CT molecular complexity index is 612. The summed E-state index contributed by atoms with van der Waals surface area (Å²) in [7, 11) is 0. The number of carbonyl (C=O) groups excluding carboxylic acids is 1. The van der Waals surface area contributed by atoms with Crippen molar-refractivity contribution in [2.24, 2.45) is 0 Å². The van der Waals surface area contributed by atoms with E-state index in [1.807, 2.05) is 25.1 Å². The van der Waals surface area contributed by atoms with Crippen LogP contribution in [0.1, 0.15) is 5.56 Å². The van der Waals surface area contributed by atoms with Crippen molar-refractivity contribution in [3.05, 3.63) is 52.5 Å². The molecule has 0 saturated heterocycles. The van der Waals surface area contributed by atoms with E-state index in [0.717, 1.165) is 15.7 Å². The molecule has 0 atom stereocenters. The maximum absolute atomic E-state index is 11.8. The van der Waals surface area contributed by atoms with Gasteiger partial charge in [0.25, 0.3) is 5.91 Å². The van der Waals surface area contributed by atoms with E-state index >= 15 is 0 Å². The predicted molar refractivity (Wildman–Crippen MR) is 83.9 cm³/mol. The zero-order chi connectivity index (χ0) is 14.5. The van der Waals surface area contributed by atoms with Crippen LogP contribution in [-0.2, 0) is 4.79 Å². The predicted octanol–water partition coefficient (Wildman–Crippen LogP) is 3.36. The van der Waals surface area contributed by atoms with Gasteiger partial charge in [-0.05, 0) is 55.0 Å². The Hall–Kier alpha value is -2.01. The lowest BCUT2D eigenvalue weighted by atomic mass is 10.2. The van der Waals surface area contributed by atoms with Gasteiger partial charge in [-0.3, -0.25) is 4.79 Å². The number of aryl methyl sites for hydroxylation is 1. The molecular formula is C15H15BrN2O2. The van der Waals surface area contributed by atoms with Gasteiger partial charge in [0.15, 0.2) is 6.61 Å². The van der Waals surface area contributed by atoms with Gasteiger partial charge in [-0.15, -0.1) is 0 Å². The molecule has 0 spiro atoms. The van der Waals surface area contributed by atoms with Crippen LogP contribution in [0.2, 0.25) is 0 Å². The van der Waals surface area contributed by atoms with Crippen molar-refractivity contribution < 1.29 is 9.53 Å². The van der Waals surface area contributed by atoms with E-state index in [1.54, 1.807) is 24.3 Å². The number of hydrogen-bond donors (Lipinski definition) is 2. The second-order valence-corrected chi connectivity index (χ2v) is 5.22. The van der Waals surface area contributed by atoms with Gasteiger partial charge in [0.2, 0.25) is 0 Å². The minimum Gasteiger partial charge on any atom is -0.484 e. The molecule has 0 aliphatic heterocycles. The number of hydrogen-bond acceptors (Lipinski definition) is 3. The van der Waals surface area contributed by atoms with Gasteiger partial charge in [-0.25, -0.2) is 0 Å². The third-order valence-corrected chi connectivity index (χ3v) is 3.58. The summed E-state index contributed by atoms with van der Waals surface area (Å²) in [6, 6.07) is 12.5. The Kier molecular flexibility index (Phi) is 4.63. The molecule has 0 unspecified atom stereocenters. The first-order chi connectivity index (χ1) is 9.54. The summed E-state index contributed by atoms with van der Waals surface area (Å²) in [6.07, 6.45) is 0. The topological polar surface area (TPSA) is 64.3 Å². The second kappa shape index (κ2) is 6.43. The average Bonchev–Trinajstić information content (AvgIpc) is 2.42. The van der Waals surface area contributed by atoms with Crippen molar-refractivity contribution in [1.82, 2.24) is 0 Å². The van der Waals surface area contributed by atoms with Crippen molar-refractivity contribution in [1.29, 1.82) is 0 Å². The Labute approximate surface area is 126 Å². The van der Waals surface area contributed by atoms with Crippen molar-refractivity contribution in [3.63, 3.8) is 0 Å². The van der Waals surface area contributed by atoms with Crippen LogP contribution in [0.25, 0.3) is 0 Å². The third kappa shape index (κ3) is 3.99. The number of benzene rings is 2. The van der Waals surface area contributed by atoms with Crippen LogP contribution in [0, 0.1) is 6.92 Å². The number of nitrogens with one attached hydrogen (secondary N) is 1. The van der Waals surface area contributed by atoms with Crippen LogP contribution in [0.4, 0.5) is 11.4 Å². The molecule has 104 valence electrons. The van der Waals surface area contributed by atoms with Crippen LogP contribution in [0.3, 0.4) is 0 Å². The summed E-state index contributed by atoms with van der Waals surface area (Å²) in [5.74, 6) is 0.407. The summed E-state index contributed by atoms with van der Waals surface area (Å²) < 4.78 is 6.38. The minimum atomic E-state index is -0.205. The number of halogens is 1. The molecule has 20 heavy (non-hydrogen) atoms. The number of anilines is 2. The SMILES string of the molecule is Cc1cc(NC(=O)COc2ccc(N)cc2)ccc1Br. The van der Waals surface area contributed by atoms with Crippen LogP contribution in [0.5, 0.6) is 5.75 Å². The lowest BCUT2D eigenvalue weighted by Crippen LogP contribution is -2.20. The van der Waals surface area contributed by atoms with Crippen molar-refractivity contribution in [2.75, 3.05) is 17.7 Å². The van der Waals surface area contributed by atoms with E-state index in [0.29, 0.717) is 11.4 Å². The van der Waals surface area contributed by atoms with E-state index in [1.165, 1.54) is 0 Å². The summed E-state index contributed by atoms with van der Waals surface area (Å²) in [6.45, 7) is 1.92.